The summed E-state index contributed by atoms with van der Waals surface area (Å²) >= 11 is 0. The zero-order valence-electron chi connectivity index (χ0n) is 36.2. The van der Waals surface area contributed by atoms with Gasteiger partial charge in [0.15, 0.2) is 0 Å². The zero-order valence-corrected chi connectivity index (χ0v) is 36.2. The number of anilines is 3. The molecule has 11 aromatic carbocycles. The molecule has 0 N–H and O–H groups in total. The molecule has 0 aliphatic carbocycles. The van der Waals surface area contributed by atoms with Crippen LogP contribution >= 0.6 is 0 Å². The number of hydrogen-bond donors (Lipinski definition) is 0. The predicted molar refractivity (Wildman–Crippen MR) is 279 cm³/mol. The molecule has 12 rings (SSSR count). The van der Waals surface area contributed by atoms with Gasteiger partial charge >= 0.3 is 0 Å². The normalized spacial score (nSPS) is 11.3. The first-order valence-corrected chi connectivity index (χ1v) is 22.6. The monoisotopic (exact) mass is 841 g/mol. The molecule has 1 aromatic heterocycles. The Morgan fingerprint density at radius 2 is 0.742 bits per heavy atom. The summed E-state index contributed by atoms with van der Waals surface area (Å²) < 4.78 is 6.49. The van der Waals surface area contributed by atoms with Crippen molar-refractivity contribution in [3.63, 3.8) is 0 Å². The van der Waals surface area contributed by atoms with E-state index in [0.717, 1.165) is 61.3 Å². The summed E-state index contributed by atoms with van der Waals surface area (Å²) in [6.45, 7) is 0. The zero-order chi connectivity index (χ0) is 43.8. The minimum absolute atomic E-state index is 0.898. The molecule has 0 aliphatic heterocycles. The van der Waals surface area contributed by atoms with Crippen LogP contribution in [-0.2, 0) is 0 Å². The van der Waals surface area contributed by atoms with Crippen molar-refractivity contribution in [1.82, 2.24) is 0 Å². The fourth-order valence-electron chi connectivity index (χ4n) is 9.66. The third kappa shape index (κ3) is 7.12. The van der Waals surface area contributed by atoms with Crippen LogP contribution in [0.2, 0.25) is 0 Å². The molecular formula is C64H43NO. The molecule has 0 bridgehead atoms. The molecule has 0 aliphatic rings. The Morgan fingerprint density at radius 3 is 1.50 bits per heavy atom. The SMILES string of the molecule is c1ccc(-c2ccc(-c3ccccc3-c3ccccc3N(c3ccc(-c4ccc5ccccc5c4)cc3)c3ccc(-c4cccc5c4oc4ccccc45)cc3)c(-c3ccccc3)c2)cc1. The van der Waals surface area contributed by atoms with Gasteiger partial charge in [-0.1, -0.05) is 212 Å². The van der Waals surface area contributed by atoms with Crippen LogP contribution in [0.1, 0.15) is 0 Å². The van der Waals surface area contributed by atoms with Crippen LogP contribution in [0.15, 0.2) is 265 Å². The Bertz CT molecular complexity index is 3680. The van der Waals surface area contributed by atoms with Gasteiger partial charge in [0.2, 0.25) is 0 Å². The predicted octanol–water partition coefficient (Wildman–Crippen LogP) is 18.2. The van der Waals surface area contributed by atoms with E-state index in [0.29, 0.717) is 0 Å². The van der Waals surface area contributed by atoms with Crippen LogP contribution in [0.4, 0.5) is 17.1 Å². The average Bonchev–Trinajstić information content (AvgIpc) is 3.79. The lowest BCUT2D eigenvalue weighted by Gasteiger charge is -2.29. The van der Waals surface area contributed by atoms with Gasteiger partial charge in [0.25, 0.3) is 0 Å². The van der Waals surface area contributed by atoms with Crippen LogP contribution in [0.3, 0.4) is 0 Å². The topological polar surface area (TPSA) is 16.4 Å². The number of nitrogens with zero attached hydrogens (tertiary/aromatic N) is 1. The highest BCUT2D eigenvalue weighted by Gasteiger charge is 2.21. The number of rotatable bonds is 9. The van der Waals surface area contributed by atoms with Crippen LogP contribution in [0.5, 0.6) is 0 Å². The first-order chi connectivity index (χ1) is 32.7. The summed E-state index contributed by atoms with van der Waals surface area (Å²) in [4.78, 5) is 2.40. The van der Waals surface area contributed by atoms with Crippen molar-refractivity contribution in [3.05, 3.63) is 261 Å². The molecule has 0 amide bonds. The number of fused-ring (bicyclic) bond motifs is 4. The van der Waals surface area contributed by atoms with Gasteiger partial charge < -0.3 is 9.32 Å². The molecule has 1 heterocycles. The van der Waals surface area contributed by atoms with E-state index < -0.39 is 0 Å². The maximum Gasteiger partial charge on any atom is 0.143 e. The molecular weight excluding hydrogens is 799 g/mol. The van der Waals surface area contributed by atoms with Gasteiger partial charge in [-0.05, 0) is 115 Å². The van der Waals surface area contributed by atoms with Gasteiger partial charge in [-0.2, -0.15) is 0 Å². The fourth-order valence-corrected chi connectivity index (χ4v) is 9.66. The lowest BCUT2D eigenvalue weighted by molar-refractivity contribution is 0.670. The third-order valence-electron chi connectivity index (χ3n) is 12.9. The second-order valence-electron chi connectivity index (χ2n) is 16.8. The van der Waals surface area contributed by atoms with E-state index >= 15 is 0 Å². The lowest BCUT2D eigenvalue weighted by Crippen LogP contribution is -2.11. The Hall–Kier alpha value is -8.72. The summed E-state index contributed by atoms with van der Waals surface area (Å²) in [6, 6.07) is 93.9. The Balaban J connectivity index is 1.01. The van der Waals surface area contributed by atoms with Crippen LogP contribution in [-0.4, -0.2) is 0 Å². The number of furan rings is 1. The van der Waals surface area contributed by atoms with E-state index in [2.05, 4.69) is 254 Å². The number of hydrogen-bond acceptors (Lipinski definition) is 2. The minimum Gasteiger partial charge on any atom is -0.455 e. The smallest absolute Gasteiger partial charge is 0.143 e. The number of benzene rings is 11. The van der Waals surface area contributed by atoms with Crippen molar-refractivity contribution in [2.75, 3.05) is 4.90 Å². The summed E-state index contributed by atoms with van der Waals surface area (Å²) in [6.07, 6.45) is 0. The largest absolute Gasteiger partial charge is 0.455 e. The minimum atomic E-state index is 0.898. The highest BCUT2D eigenvalue weighted by atomic mass is 16.3. The van der Waals surface area contributed by atoms with Gasteiger partial charge in [-0.15, -0.1) is 0 Å². The van der Waals surface area contributed by atoms with Crippen molar-refractivity contribution in [3.8, 4) is 66.8 Å². The van der Waals surface area contributed by atoms with Gasteiger partial charge in [-0.3, -0.25) is 0 Å². The molecule has 0 saturated carbocycles. The van der Waals surface area contributed by atoms with Crippen molar-refractivity contribution < 1.29 is 4.42 Å². The van der Waals surface area contributed by atoms with Crippen molar-refractivity contribution in [2.24, 2.45) is 0 Å². The molecule has 0 fully saturated rings. The standard InChI is InChI=1S/C64H43NO/c1-3-16-44(17-4-1)51-36-41-57(61(43-51)47-19-5-2-6-20-47)55-22-9-10-23-56(55)58-24-11-13-28-62(58)65(52-37-32-46(33-38-52)50-31-30-45-18-7-8-21-49(45)42-50)53-39-34-48(35-40-53)54-26-15-27-60-59-25-12-14-29-63(59)66-64(54)60/h1-43H. The van der Waals surface area contributed by atoms with E-state index in [1.165, 1.54) is 55.3 Å². The van der Waals surface area contributed by atoms with E-state index in [1.807, 2.05) is 12.1 Å². The highest BCUT2D eigenvalue weighted by Crippen LogP contribution is 2.47. The van der Waals surface area contributed by atoms with Crippen LogP contribution in [0, 0.1) is 0 Å². The number of para-hydroxylation sites is 3. The lowest BCUT2D eigenvalue weighted by atomic mass is 9.87. The van der Waals surface area contributed by atoms with Gasteiger partial charge in [0, 0.05) is 33.3 Å². The van der Waals surface area contributed by atoms with Crippen molar-refractivity contribution in [2.45, 2.75) is 0 Å². The average molecular weight is 842 g/mol. The summed E-state index contributed by atoms with van der Waals surface area (Å²) in [7, 11) is 0. The summed E-state index contributed by atoms with van der Waals surface area (Å²) in [5, 5.41) is 4.73. The van der Waals surface area contributed by atoms with Crippen LogP contribution in [0.25, 0.3) is 99.5 Å². The summed E-state index contributed by atoms with van der Waals surface area (Å²) in [5.41, 5.74) is 18.9. The molecule has 2 heteroatoms. The Kier molecular flexibility index (Phi) is 9.89. The summed E-state index contributed by atoms with van der Waals surface area (Å²) in [5.74, 6) is 0. The molecule has 0 radical (unpaired) electrons. The van der Waals surface area contributed by atoms with E-state index in [1.54, 1.807) is 0 Å². The van der Waals surface area contributed by atoms with Gasteiger partial charge in [-0.25, -0.2) is 0 Å². The molecule has 0 atom stereocenters. The second-order valence-corrected chi connectivity index (χ2v) is 16.8. The molecule has 0 unspecified atom stereocenters. The van der Waals surface area contributed by atoms with Gasteiger partial charge in [0.1, 0.15) is 11.2 Å². The van der Waals surface area contributed by atoms with E-state index in [-0.39, 0.29) is 0 Å². The van der Waals surface area contributed by atoms with Crippen molar-refractivity contribution >= 4 is 49.8 Å². The van der Waals surface area contributed by atoms with Gasteiger partial charge in [0.05, 0.1) is 5.69 Å². The quantitative estimate of drug-likeness (QED) is 0.144. The highest BCUT2D eigenvalue weighted by molar-refractivity contribution is 6.09. The molecule has 310 valence electrons. The Morgan fingerprint density at radius 1 is 0.258 bits per heavy atom. The maximum atomic E-state index is 6.49. The first kappa shape index (κ1) is 38.9. The second kappa shape index (κ2) is 16.8. The molecule has 0 saturated heterocycles. The molecule has 12 aromatic rings. The molecule has 2 nitrogen and oxygen atoms in total. The van der Waals surface area contributed by atoms with Crippen molar-refractivity contribution in [1.29, 1.82) is 0 Å². The molecule has 66 heavy (non-hydrogen) atoms. The first-order valence-electron chi connectivity index (χ1n) is 22.6. The van der Waals surface area contributed by atoms with E-state index in [9.17, 15) is 0 Å². The third-order valence-corrected chi connectivity index (χ3v) is 12.9. The fraction of sp³-hybridized carbons (Fsp3) is 0. The Labute approximate surface area is 384 Å². The molecule has 0 spiro atoms. The maximum absolute atomic E-state index is 6.49. The van der Waals surface area contributed by atoms with Crippen LogP contribution < -0.4 is 4.90 Å². The van der Waals surface area contributed by atoms with E-state index in [4.69, 9.17) is 4.42 Å².